The Morgan fingerprint density at radius 1 is 1.07 bits per heavy atom. The molecule has 2 amide bonds. The molecule has 0 aliphatic carbocycles. The van der Waals surface area contributed by atoms with Crippen LogP contribution in [-0.2, 0) is 14.7 Å². The Bertz CT molecular complexity index is 306. The minimum atomic E-state index is -1.37. The second-order valence-corrected chi connectivity index (χ2v) is 3.12. The number of carbonyl (C=O) groups is 2. The molecule has 1 aromatic rings. The zero-order valence-corrected chi connectivity index (χ0v) is 7.99. The molecule has 2 N–H and O–H groups in total. The van der Waals surface area contributed by atoms with Gasteiger partial charge in [-0.15, -0.1) is 0 Å². The number of hydrogen-bond donors (Lipinski definition) is 2. The fourth-order valence-electron chi connectivity index (χ4n) is 1.04. The molecule has 0 bridgehead atoms. The smallest absolute Gasteiger partial charge is 0.217 e. The van der Waals surface area contributed by atoms with Gasteiger partial charge in [-0.05, 0) is 0 Å². The van der Waals surface area contributed by atoms with Gasteiger partial charge in [0, 0.05) is 5.56 Å². The van der Waals surface area contributed by atoms with Crippen LogP contribution >= 0.6 is 11.6 Å². The fourth-order valence-corrected chi connectivity index (χ4v) is 1.25. The molecule has 0 fully saturated rings. The highest BCUT2D eigenvalue weighted by molar-refractivity contribution is 6.24. The van der Waals surface area contributed by atoms with Crippen molar-refractivity contribution in [1.29, 1.82) is 0 Å². The number of halogens is 1. The topological polar surface area (TPSA) is 58.2 Å². The molecule has 4 nitrogen and oxygen atoms in total. The summed E-state index contributed by atoms with van der Waals surface area (Å²) in [5.74, 6) is 0. The Morgan fingerprint density at radius 3 is 2.00 bits per heavy atom. The molecule has 0 radical (unpaired) electrons. The molecule has 14 heavy (non-hydrogen) atoms. The van der Waals surface area contributed by atoms with E-state index in [9.17, 15) is 9.59 Å². The molecule has 74 valence electrons. The summed E-state index contributed by atoms with van der Waals surface area (Å²) < 4.78 is 0. The summed E-state index contributed by atoms with van der Waals surface area (Å²) in [6.45, 7) is 0. The molecular weight excluding hydrogens is 204 g/mol. The van der Waals surface area contributed by atoms with Gasteiger partial charge in [0.05, 0.1) is 0 Å². The minimum absolute atomic E-state index is 0.427. The van der Waals surface area contributed by atoms with Crippen molar-refractivity contribution in [3.8, 4) is 0 Å². The monoisotopic (exact) mass is 212 g/mol. The Kier molecular flexibility index (Phi) is 3.48. The van der Waals surface area contributed by atoms with Crippen LogP contribution in [0.3, 0.4) is 0 Å². The van der Waals surface area contributed by atoms with Crippen LogP contribution in [0.15, 0.2) is 30.3 Å². The highest BCUT2D eigenvalue weighted by atomic mass is 35.5. The van der Waals surface area contributed by atoms with E-state index in [0.29, 0.717) is 18.4 Å². The van der Waals surface area contributed by atoms with Crippen molar-refractivity contribution in [2.45, 2.75) is 5.12 Å². The first-order chi connectivity index (χ1) is 6.73. The molecule has 0 aliphatic rings. The van der Waals surface area contributed by atoms with Crippen LogP contribution in [0.5, 0.6) is 0 Å². The van der Waals surface area contributed by atoms with Gasteiger partial charge in [0.15, 0.2) is 0 Å². The van der Waals surface area contributed by atoms with Gasteiger partial charge in [-0.1, -0.05) is 41.9 Å². The number of hydrogen-bond acceptors (Lipinski definition) is 2. The Labute approximate surface area is 86.3 Å². The Morgan fingerprint density at radius 2 is 1.57 bits per heavy atom. The highest BCUT2D eigenvalue weighted by Gasteiger charge is 2.27. The van der Waals surface area contributed by atoms with Gasteiger partial charge in [0.2, 0.25) is 17.9 Å². The molecule has 0 saturated heterocycles. The second-order valence-electron chi connectivity index (χ2n) is 2.55. The molecule has 0 unspecified atom stereocenters. The van der Waals surface area contributed by atoms with Crippen molar-refractivity contribution in [2.75, 3.05) is 0 Å². The van der Waals surface area contributed by atoms with E-state index in [1.165, 1.54) is 0 Å². The summed E-state index contributed by atoms with van der Waals surface area (Å²) in [4.78, 5) is 20.6. The van der Waals surface area contributed by atoms with Crippen LogP contribution in [0.4, 0.5) is 0 Å². The van der Waals surface area contributed by atoms with E-state index in [1.807, 2.05) is 6.07 Å². The van der Waals surface area contributed by atoms with E-state index >= 15 is 0 Å². The maximum Gasteiger partial charge on any atom is 0.217 e. The number of benzene rings is 1. The van der Waals surface area contributed by atoms with Crippen LogP contribution < -0.4 is 10.6 Å². The molecule has 0 spiro atoms. The Hall–Kier alpha value is -1.55. The molecule has 0 atom stereocenters. The number of rotatable bonds is 5. The lowest BCUT2D eigenvalue weighted by Gasteiger charge is -2.25. The maximum atomic E-state index is 10.3. The van der Waals surface area contributed by atoms with Gasteiger partial charge in [-0.2, -0.15) is 0 Å². The van der Waals surface area contributed by atoms with Gasteiger partial charge in [0.25, 0.3) is 0 Å². The van der Waals surface area contributed by atoms with Crippen molar-refractivity contribution >= 4 is 24.4 Å². The molecule has 1 rings (SSSR count). The van der Waals surface area contributed by atoms with E-state index < -0.39 is 5.12 Å². The number of nitrogens with one attached hydrogen (secondary N) is 2. The quantitative estimate of drug-likeness (QED) is 0.324. The number of amides is 2. The van der Waals surface area contributed by atoms with Gasteiger partial charge in [-0.25, -0.2) is 0 Å². The van der Waals surface area contributed by atoms with Gasteiger partial charge < -0.3 is 10.6 Å². The Balaban J connectivity index is 2.98. The SMILES string of the molecule is O=CNC(Cl)(NC=O)c1ccccc1. The van der Waals surface area contributed by atoms with Gasteiger partial charge in [-0.3, -0.25) is 9.59 Å². The molecule has 0 aromatic heterocycles. The van der Waals surface area contributed by atoms with Crippen molar-refractivity contribution in [3.63, 3.8) is 0 Å². The first-order valence-corrected chi connectivity index (χ1v) is 4.28. The summed E-state index contributed by atoms with van der Waals surface area (Å²) in [5.41, 5.74) is 0.584. The lowest BCUT2D eigenvalue weighted by Crippen LogP contribution is -2.48. The fraction of sp³-hybridized carbons (Fsp3) is 0.111. The molecule has 0 aliphatic heterocycles. The van der Waals surface area contributed by atoms with Crippen molar-refractivity contribution in [1.82, 2.24) is 10.6 Å². The summed E-state index contributed by atoms with van der Waals surface area (Å²) in [7, 11) is 0. The lowest BCUT2D eigenvalue weighted by molar-refractivity contribution is -0.113. The second kappa shape index (κ2) is 4.62. The highest BCUT2D eigenvalue weighted by Crippen LogP contribution is 2.21. The average Bonchev–Trinajstić information content (AvgIpc) is 2.20. The first-order valence-electron chi connectivity index (χ1n) is 3.90. The normalized spacial score (nSPS) is 10.4. The van der Waals surface area contributed by atoms with E-state index in [0.717, 1.165) is 0 Å². The van der Waals surface area contributed by atoms with Crippen LogP contribution in [0.25, 0.3) is 0 Å². The van der Waals surface area contributed by atoms with Gasteiger partial charge >= 0.3 is 0 Å². The van der Waals surface area contributed by atoms with Crippen molar-refractivity contribution in [2.24, 2.45) is 0 Å². The molecular formula is C9H9ClN2O2. The number of carbonyl (C=O) groups excluding carboxylic acids is 2. The van der Waals surface area contributed by atoms with Crippen LogP contribution in [0, 0.1) is 0 Å². The standard InChI is InChI=1S/C9H9ClN2O2/c10-9(11-6-13,12-7-14)8-4-2-1-3-5-8/h1-7H,(H,11,13)(H,12,14). The molecule has 5 heteroatoms. The summed E-state index contributed by atoms with van der Waals surface area (Å²) >= 11 is 5.98. The van der Waals surface area contributed by atoms with E-state index in [-0.39, 0.29) is 0 Å². The van der Waals surface area contributed by atoms with Crippen LogP contribution in [0.2, 0.25) is 0 Å². The molecule has 1 aromatic carbocycles. The van der Waals surface area contributed by atoms with Gasteiger partial charge in [0.1, 0.15) is 0 Å². The lowest BCUT2D eigenvalue weighted by atomic mass is 10.1. The first kappa shape index (κ1) is 10.5. The average molecular weight is 213 g/mol. The number of alkyl halides is 1. The van der Waals surface area contributed by atoms with Crippen LogP contribution in [-0.4, -0.2) is 12.8 Å². The van der Waals surface area contributed by atoms with E-state index in [4.69, 9.17) is 11.6 Å². The minimum Gasteiger partial charge on any atom is -0.319 e. The van der Waals surface area contributed by atoms with E-state index in [2.05, 4.69) is 10.6 Å². The van der Waals surface area contributed by atoms with Crippen molar-refractivity contribution < 1.29 is 9.59 Å². The zero-order valence-electron chi connectivity index (χ0n) is 7.24. The predicted octanol–water partition coefficient (Wildman–Crippen LogP) is 0.528. The van der Waals surface area contributed by atoms with E-state index in [1.54, 1.807) is 24.3 Å². The van der Waals surface area contributed by atoms with Crippen LogP contribution in [0.1, 0.15) is 5.56 Å². The molecule has 0 saturated carbocycles. The summed E-state index contributed by atoms with van der Waals surface area (Å²) in [6.07, 6.45) is 0.854. The summed E-state index contributed by atoms with van der Waals surface area (Å²) in [6, 6.07) is 8.71. The molecule has 0 heterocycles. The zero-order chi connectivity index (χ0) is 10.4. The maximum absolute atomic E-state index is 10.3. The predicted molar refractivity (Wildman–Crippen MR) is 52.4 cm³/mol. The largest absolute Gasteiger partial charge is 0.319 e. The van der Waals surface area contributed by atoms with Crippen molar-refractivity contribution in [3.05, 3.63) is 35.9 Å². The third-order valence-corrected chi connectivity index (χ3v) is 2.12. The summed E-state index contributed by atoms with van der Waals surface area (Å²) in [5, 5.41) is 3.27. The third-order valence-electron chi connectivity index (χ3n) is 1.69. The third kappa shape index (κ3) is 2.23.